The monoisotopic (exact) mass is 312 g/mol. The number of nitrogens with two attached hydrogens (primary N) is 1. The molecule has 5 heteroatoms. The topological polar surface area (TPSA) is 46.3 Å². The maximum Gasteiger partial charge on any atom is 0.227 e. The van der Waals surface area contributed by atoms with Gasteiger partial charge in [0.15, 0.2) is 0 Å². The normalized spacial score (nSPS) is 22.5. The fraction of sp³-hybridized carbons (Fsp3) is 0.533. The number of amides is 1. The molecular formula is C15H21ClN2OS. The van der Waals surface area contributed by atoms with E-state index >= 15 is 0 Å². The fourth-order valence-corrected chi connectivity index (χ4v) is 3.82. The lowest BCUT2D eigenvalue weighted by molar-refractivity contribution is -0.137. The Morgan fingerprint density at radius 3 is 2.85 bits per heavy atom. The lowest BCUT2D eigenvalue weighted by atomic mass is 9.84. The Morgan fingerprint density at radius 1 is 1.50 bits per heavy atom. The van der Waals surface area contributed by atoms with Gasteiger partial charge >= 0.3 is 0 Å². The maximum absolute atomic E-state index is 12.7. The van der Waals surface area contributed by atoms with Gasteiger partial charge in [-0.2, -0.15) is 0 Å². The molecule has 20 heavy (non-hydrogen) atoms. The van der Waals surface area contributed by atoms with Gasteiger partial charge in [-0.15, -0.1) is 17.9 Å². The van der Waals surface area contributed by atoms with Crippen LogP contribution in [0.15, 0.2) is 24.8 Å². The summed E-state index contributed by atoms with van der Waals surface area (Å²) in [4.78, 5) is 15.6. The Kier molecular flexibility index (Phi) is 5.64. The van der Waals surface area contributed by atoms with E-state index in [0.29, 0.717) is 13.1 Å². The van der Waals surface area contributed by atoms with Crippen molar-refractivity contribution >= 4 is 28.8 Å². The van der Waals surface area contributed by atoms with E-state index in [9.17, 15) is 4.79 Å². The average Bonchev–Trinajstić information content (AvgIpc) is 2.83. The minimum absolute atomic E-state index is 0.00418. The van der Waals surface area contributed by atoms with Crippen molar-refractivity contribution < 1.29 is 4.79 Å². The number of carbonyl (C=O) groups excluding carboxylic acids is 1. The van der Waals surface area contributed by atoms with Crippen molar-refractivity contribution in [3.8, 4) is 0 Å². The largest absolute Gasteiger partial charge is 0.334 e. The van der Waals surface area contributed by atoms with Crippen LogP contribution in [0.3, 0.4) is 0 Å². The van der Waals surface area contributed by atoms with Gasteiger partial charge in [-0.25, -0.2) is 0 Å². The zero-order chi connectivity index (χ0) is 14.5. The minimum Gasteiger partial charge on any atom is -0.334 e. The highest BCUT2D eigenvalue weighted by Crippen LogP contribution is 2.27. The molecule has 0 saturated heterocycles. The number of carbonyl (C=O) groups is 1. The fourth-order valence-electron chi connectivity index (χ4n) is 2.71. The highest BCUT2D eigenvalue weighted by Gasteiger charge is 2.31. The molecule has 0 bridgehead atoms. The zero-order valence-corrected chi connectivity index (χ0v) is 13.1. The maximum atomic E-state index is 12.7. The first-order valence-corrected chi connectivity index (χ1v) is 8.20. The Hall–Kier alpha value is -0.840. The molecule has 0 radical (unpaired) electrons. The molecule has 1 aliphatic carbocycles. The van der Waals surface area contributed by atoms with E-state index < -0.39 is 0 Å². The van der Waals surface area contributed by atoms with Crippen molar-refractivity contribution in [3.05, 3.63) is 34.0 Å². The van der Waals surface area contributed by atoms with Crippen molar-refractivity contribution in [3.63, 3.8) is 0 Å². The van der Waals surface area contributed by atoms with Crippen LogP contribution in [0.1, 0.15) is 30.6 Å². The number of nitrogens with zero attached hydrogens (tertiary/aromatic N) is 1. The summed E-state index contributed by atoms with van der Waals surface area (Å²) in [6.45, 7) is 4.89. The smallest absolute Gasteiger partial charge is 0.227 e. The van der Waals surface area contributed by atoms with Gasteiger partial charge in [0.25, 0.3) is 0 Å². The molecular weight excluding hydrogens is 292 g/mol. The van der Waals surface area contributed by atoms with E-state index in [2.05, 4.69) is 6.58 Å². The molecule has 0 aromatic carbocycles. The standard InChI is InChI=1S/C15H21ClN2OS/c1-2-9-18(10-11-7-8-14(16)20-11)15(19)12-5-3-4-6-13(12)17/h2,7-8,12-13H,1,3-6,9-10,17H2. The summed E-state index contributed by atoms with van der Waals surface area (Å²) in [6, 6.07) is 3.83. The highest BCUT2D eigenvalue weighted by atomic mass is 35.5. The van der Waals surface area contributed by atoms with E-state index in [0.717, 1.165) is 34.9 Å². The highest BCUT2D eigenvalue weighted by molar-refractivity contribution is 7.16. The third-order valence-corrected chi connectivity index (χ3v) is 4.99. The second-order valence-corrected chi connectivity index (χ2v) is 7.07. The molecule has 1 aromatic heterocycles. The van der Waals surface area contributed by atoms with Crippen LogP contribution >= 0.6 is 22.9 Å². The molecule has 2 rings (SSSR count). The van der Waals surface area contributed by atoms with E-state index in [1.165, 1.54) is 11.3 Å². The molecule has 1 amide bonds. The summed E-state index contributed by atoms with van der Waals surface area (Å²) >= 11 is 7.46. The molecule has 0 spiro atoms. The number of hydrogen-bond donors (Lipinski definition) is 1. The van der Waals surface area contributed by atoms with Gasteiger partial charge in [0.1, 0.15) is 0 Å². The first kappa shape index (κ1) is 15.5. The average molecular weight is 313 g/mol. The third kappa shape index (κ3) is 3.84. The summed E-state index contributed by atoms with van der Waals surface area (Å²) in [5.74, 6) is 0.112. The first-order valence-electron chi connectivity index (χ1n) is 7.01. The Bertz CT molecular complexity index is 474. The van der Waals surface area contributed by atoms with Gasteiger partial charge in [-0.3, -0.25) is 4.79 Å². The number of halogens is 1. The predicted octanol–water partition coefficient (Wildman–Crippen LogP) is 3.43. The molecule has 1 saturated carbocycles. The van der Waals surface area contributed by atoms with E-state index in [-0.39, 0.29) is 17.9 Å². The van der Waals surface area contributed by atoms with Crippen LogP contribution in [-0.4, -0.2) is 23.4 Å². The number of rotatable bonds is 5. The first-order chi connectivity index (χ1) is 9.61. The van der Waals surface area contributed by atoms with Crippen molar-refractivity contribution in [2.45, 2.75) is 38.3 Å². The van der Waals surface area contributed by atoms with Crippen molar-refractivity contribution in [2.24, 2.45) is 11.7 Å². The molecule has 110 valence electrons. The number of hydrogen-bond acceptors (Lipinski definition) is 3. The lowest BCUT2D eigenvalue weighted by Gasteiger charge is -2.32. The molecule has 1 fully saturated rings. The van der Waals surface area contributed by atoms with Crippen LogP contribution in [0.5, 0.6) is 0 Å². The Balaban J connectivity index is 2.06. The quantitative estimate of drug-likeness (QED) is 0.847. The third-order valence-electron chi connectivity index (χ3n) is 3.77. The van der Waals surface area contributed by atoms with E-state index in [1.54, 1.807) is 6.08 Å². The van der Waals surface area contributed by atoms with Gasteiger partial charge in [-0.1, -0.05) is 30.5 Å². The van der Waals surface area contributed by atoms with Crippen LogP contribution < -0.4 is 5.73 Å². The molecule has 1 aliphatic rings. The summed E-state index contributed by atoms with van der Waals surface area (Å²) in [6.07, 6.45) is 5.84. The summed E-state index contributed by atoms with van der Waals surface area (Å²) in [7, 11) is 0. The molecule has 2 unspecified atom stereocenters. The summed E-state index contributed by atoms with van der Waals surface area (Å²) < 4.78 is 0.750. The van der Waals surface area contributed by atoms with Gasteiger partial charge in [0.05, 0.1) is 16.8 Å². The van der Waals surface area contributed by atoms with E-state index in [1.807, 2.05) is 17.0 Å². The number of thiophene rings is 1. The van der Waals surface area contributed by atoms with Gasteiger partial charge in [0.2, 0.25) is 5.91 Å². The van der Waals surface area contributed by atoms with Crippen LogP contribution in [-0.2, 0) is 11.3 Å². The molecule has 1 heterocycles. The van der Waals surface area contributed by atoms with Crippen LogP contribution in [0.25, 0.3) is 0 Å². The minimum atomic E-state index is -0.0425. The Labute approximate surface area is 129 Å². The van der Waals surface area contributed by atoms with Crippen LogP contribution in [0.2, 0.25) is 4.34 Å². The molecule has 2 N–H and O–H groups in total. The second-order valence-electron chi connectivity index (χ2n) is 5.27. The van der Waals surface area contributed by atoms with Crippen molar-refractivity contribution in [1.82, 2.24) is 4.90 Å². The van der Waals surface area contributed by atoms with Gasteiger partial charge < -0.3 is 10.6 Å². The second kappa shape index (κ2) is 7.25. The lowest BCUT2D eigenvalue weighted by Crippen LogP contribution is -2.45. The molecule has 3 nitrogen and oxygen atoms in total. The molecule has 0 aliphatic heterocycles. The molecule has 1 aromatic rings. The zero-order valence-electron chi connectivity index (χ0n) is 11.6. The van der Waals surface area contributed by atoms with Crippen molar-refractivity contribution in [1.29, 1.82) is 0 Å². The van der Waals surface area contributed by atoms with E-state index in [4.69, 9.17) is 17.3 Å². The summed E-state index contributed by atoms with van der Waals surface area (Å²) in [5, 5.41) is 0. The molecule has 2 atom stereocenters. The predicted molar refractivity (Wildman–Crippen MR) is 84.9 cm³/mol. The van der Waals surface area contributed by atoms with Crippen molar-refractivity contribution in [2.75, 3.05) is 6.54 Å². The SMILES string of the molecule is C=CCN(Cc1ccc(Cl)s1)C(=O)C1CCCCC1N. The van der Waals surface area contributed by atoms with Gasteiger partial charge in [-0.05, 0) is 25.0 Å². The van der Waals surface area contributed by atoms with Crippen LogP contribution in [0.4, 0.5) is 0 Å². The van der Waals surface area contributed by atoms with Crippen LogP contribution in [0, 0.1) is 5.92 Å². The summed E-state index contributed by atoms with van der Waals surface area (Å²) in [5.41, 5.74) is 6.12. The van der Waals surface area contributed by atoms with Gasteiger partial charge in [0, 0.05) is 17.5 Å². The Morgan fingerprint density at radius 2 is 2.25 bits per heavy atom.